The first kappa shape index (κ1) is 16.7. The van der Waals surface area contributed by atoms with Crippen LogP contribution < -0.4 is 5.32 Å². The van der Waals surface area contributed by atoms with Crippen molar-refractivity contribution in [3.8, 4) is 0 Å². The van der Waals surface area contributed by atoms with Crippen molar-refractivity contribution in [2.45, 2.75) is 46.2 Å². The molecule has 1 unspecified atom stereocenters. The molecule has 0 aliphatic carbocycles. The van der Waals surface area contributed by atoms with Gasteiger partial charge in [-0.15, -0.1) is 0 Å². The van der Waals surface area contributed by atoms with Crippen LogP contribution in [0.1, 0.15) is 38.4 Å². The van der Waals surface area contributed by atoms with E-state index in [0.29, 0.717) is 12.5 Å². The quantitative estimate of drug-likeness (QED) is 0.825. The Kier molecular flexibility index (Phi) is 6.20. The second kappa shape index (κ2) is 7.43. The molecule has 114 valence electrons. The van der Waals surface area contributed by atoms with Crippen molar-refractivity contribution in [3.63, 3.8) is 0 Å². The second-order valence-electron chi connectivity index (χ2n) is 5.92. The molecular weight excluding hydrogens is 252 g/mol. The third-order valence-electron chi connectivity index (χ3n) is 3.31. The van der Waals surface area contributed by atoms with Crippen LogP contribution in [0, 0.1) is 5.92 Å². The molecule has 1 heterocycles. The van der Waals surface area contributed by atoms with Crippen molar-refractivity contribution in [1.29, 1.82) is 0 Å². The lowest BCUT2D eigenvalue weighted by Crippen LogP contribution is -2.44. The van der Waals surface area contributed by atoms with Gasteiger partial charge in [-0.05, 0) is 18.8 Å². The van der Waals surface area contributed by atoms with Gasteiger partial charge in [-0.25, -0.2) is 0 Å². The predicted molar refractivity (Wildman–Crippen MR) is 81.4 cm³/mol. The van der Waals surface area contributed by atoms with E-state index in [9.17, 15) is 4.79 Å². The number of nitrogens with one attached hydrogen (secondary N) is 1. The lowest BCUT2D eigenvalue weighted by molar-refractivity contribution is -0.131. The number of nitrogens with zero attached hydrogens (tertiary/aromatic N) is 3. The highest BCUT2D eigenvalue weighted by atomic mass is 16.2. The van der Waals surface area contributed by atoms with Gasteiger partial charge in [-0.3, -0.25) is 9.48 Å². The molecule has 0 aromatic carbocycles. The van der Waals surface area contributed by atoms with E-state index >= 15 is 0 Å². The molecule has 0 saturated heterocycles. The standard InChI is InChI=1S/C15H28N4O/c1-7-13-12(10-19(6)17-13)9-16-14(8-11(2)3)15(20)18(4)5/h10-11,14,16H,7-9H2,1-6H3. The van der Waals surface area contributed by atoms with Crippen molar-refractivity contribution < 1.29 is 4.79 Å². The molecule has 5 nitrogen and oxygen atoms in total. The summed E-state index contributed by atoms with van der Waals surface area (Å²) in [7, 11) is 5.54. The maximum absolute atomic E-state index is 12.2. The van der Waals surface area contributed by atoms with E-state index < -0.39 is 0 Å². The number of carbonyl (C=O) groups excluding carboxylic acids is 1. The number of likely N-dealkylation sites (N-methyl/N-ethyl adjacent to an activating group) is 1. The highest BCUT2D eigenvalue weighted by Crippen LogP contribution is 2.11. The summed E-state index contributed by atoms with van der Waals surface area (Å²) in [4.78, 5) is 13.9. The van der Waals surface area contributed by atoms with Gasteiger partial charge < -0.3 is 10.2 Å². The molecule has 1 atom stereocenters. The normalized spacial score (nSPS) is 12.8. The molecule has 1 rings (SSSR count). The zero-order valence-corrected chi connectivity index (χ0v) is 13.6. The van der Waals surface area contributed by atoms with E-state index in [1.807, 2.05) is 17.9 Å². The molecule has 0 aliphatic heterocycles. The van der Waals surface area contributed by atoms with Crippen molar-refractivity contribution >= 4 is 5.91 Å². The Hall–Kier alpha value is -1.36. The minimum atomic E-state index is -0.130. The third kappa shape index (κ3) is 4.63. The first-order valence-corrected chi connectivity index (χ1v) is 7.31. The molecule has 0 saturated carbocycles. The van der Waals surface area contributed by atoms with Crippen LogP contribution in [0.3, 0.4) is 0 Å². The minimum absolute atomic E-state index is 0.130. The minimum Gasteiger partial charge on any atom is -0.347 e. The van der Waals surface area contributed by atoms with Crippen molar-refractivity contribution in [3.05, 3.63) is 17.5 Å². The number of aryl methyl sites for hydroxylation is 2. The summed E-state index contributed by atoms with van der Waals surface area (Å²) in [5, 5.41) is 7.82. The van der Waals surface area contributed by atoms with Crippen LogP contribution in [0.4, 0.5) is 0 Å². The van der Waals surface area contributed by atoms with Gasteiger partial charge in [0.05, 0.1) is 11.7 Å². The highest BCUT2D eigenvalue weighted by molar-refractivity contribution is 5.81. The zero-order chi connectivity index (χ0) is 15.3. The smallest absolute Gasteiger partial charge is 0.239 e. The summed E-state index contributed by atoms with van der Waals surface area (Å²) in [6.45, 7) is 7.06. The van der Waals surface area contributed by atoms with E-state index in [1.165, 1.54) is 5.56 Å². The molecule has 20 heavy (non-hydrogen) atoms. The maximum atomic E-state index is 12.2. The number of hydrogen-bond acceptors (Lipinski definition) is 3. The lowest BCUT2D eigenvalue weighted by atomic mass is 10.0. The van der Waals surface area contributed by atoms with Crippen molar-refractivity contribution in [1.82, 2.24) is 20.0 Å². The first-order valence-electron chi connectivity index (χ1n) is 7.31. The van der Waals surface area contributed by atoms with Crippen LogP contribution in [0.15, 0.2) is 6.20 Å². The molecule has 0 spiro atoms. The Bertz CT molecular complexity index is 437. The predicted octanol–water partition coefficient (Wildman–Crippen LogP) is 1.57. The summed E-state index contributed by atoms with van der Waals surface area (Å²) in [6, 6.07) is -0.130. The van der Waals surface area contributed by atoms with Crippen LogP contribution in [-0.4, -0.2) is 40.7 Å². The van der Waals surface area contributed by atoms with Crippen LogP contribution in [-0.2, 0) is 24.8 Å². The molecule has 1 aromatic heterocycles. The van der Waals surface area contributed by atoms with Crippen LogP contribution in [0.25, 0.3) is 0 Å². The summed E-state index contributed by atoms with van der Waals surface area (Å²) >= 11 is 0. The molecule has 0 fully saturated rings. The Morgan fingerprint density at radius 3 is 2.60 bits per heavy atom. The average molecular weight is 280 g/mol. The summed E-state index contributed by atoms with van der Waals surface area (Å²) < 4.78 is 1.83. The molecule has 0 radical (unpaired) electrons. The number of amides is 1. The van der Waals surface area contributed by atoms with Crippen LogP contribution in [0.5, 0.6) is 0 Å². The Morgan fingerprint density at radius 2 is 2.10 bits per heavy atom. The molecule has 0 aliphatic rings. The van der Waals surface area contributed by atoms with Gasteiger partial charge in [0.15, 0.2) is 0 Å². The van der Waals surface area contributed by atoms with Gasteiger partial charge in [0.2, 0.25) is 5.91 Å². The van der Waals surface area contributed by atoms with Crippen LogP contribution in [0.2, 0.25) is 0 Å². The van der Waals surface area contributed by atoms with E-state index in [1.54, 1.807) is 19.0 Å². The molecule has 1 amide bonds. The van der Waals surface area contributed by atoms with Gasteiger partial charge in [0.1, 0.15) is 0 Å². The Morgan fingerprint density at radius 1 is 1.45 bits per heavy atom. The van der Waals surface area contributed by atoms with E-state index in [2.05, 4.69) is 31.2 Å². The third-order valence-corrected chi connectivity index (χ3v) is 3.31. The van der Waals surface area contributed by atoms with E-state index in [4.69, 9.17) is 0 Å². The molecular formula is C15H28N4O. The second-order valence-corrected chi connectivity index (χ2v) is 5.92. The van der Waals surface area contributed by atoms with Gasteiger partial charge in [0.25, 0.3) is 0 Å². The van der Waals surface area contributed by atoms with Gasteiger partial charge in [0, 0.05) is 39.4 Å². The lowest BCUT2D eigenvalue weighted by Gasteiger charge is -2.23. The number of rotatable bonds is 7. The van der Waals surface area contributed by atoms with Gasteiger partial charge >= 0.3 is 0 Å². The Labute approximate surface area is 122 Å². The fraction of sp³-hybridized carbons (Fsp3) is 0.733. The number of hydrogen-bond donors (Lipinski definition) is 1. The number of aromatic nitrogens is 2. The molecule has 1 N–H and O–H groups in total. The molecule has 0 bridgehead atoms. The topological polar surface area (TPSA) is 50.2 Å². The summed E-state index contributed by atoms with van der Waals surface area (Å²) in [6.07, 6.45) is 3.78. The Balaban J connectivity index is 2.72. The highest BCUT2D eigenvalue weighted by Gasteiger charge is 2.21. The van der Waals surface area contributed by atoms with E-state index in [0.717, 1.165) is 18.5 Å². The van der Waals surface area contributed by atoms with Crippen molar-refractivity contribution in [2.24, 2.45) is 13.0 Å². The van der Waals surface area contributed by atoms with Crippen LogP contribution >= 0.6 is 0 Å². The summed E-state index contributed by atoms with van der Waals surface area (Å²) in [5.74, 6) is 0.622. The molecule has 5 heteroatoms. The fourth-order valence-corrected chi connectivity index (χ4v) is 2.32. The van der Waals surface area contributed by atoms with Gasteiger partial charge in [-0.2, -0.15) is 5.10 Å². The molecule has 1 aromatic rings. The SMILES string of the molecule is CCc1nn(C)cc1CNC(CC(C)C)C(=O)N(C)C. The maximum Gasteiger partial charge on any atom is 0.239 e. The zero-order valence-electron chi connectivity index (χ0n) is 13.6. The fourth-order valence-electron chi connectivity index (χ4n) is 2.32. The number of carbonyl (C=O) groups is 1. The van der Waals surface area contributed by atoms with Gasteiger partial charge in [-0.1, -0.05) is 20.8 Å². The summed E-state index contributed by atoms with van der Waals surface area (Å²) in [5.41, 5.74) is 2.27. The monoisotopic (exact) mass is 280 g/mol. The first-order chi connectivity index (χ1) is 9.35. The average Bonchev–Trinajstić information content (AvgIpc) is 2.73. The largest absolute Gasteiger partial charge is 0.347 e. The van der Waals surface area contributed by atoms with Crippen molar-refractivity contribution in [2.75, 3.05) is 14.1 Å². The van der Waals surface area contributed by atoms with E-state index in [-0.39, 0.29) is 11.9 Å².